The Kier molecular flexibility index (Phi) is 2.26. The molecule has 14 heavy (non-hydrogen) atoms. The largest absolute Gasteiger partial charge is 0.309 e. The van der Waals surface area contributed by atoms with Crippen molar-refractivity contribution in [3.05, 3.63) is 35.9 Å². The lowest BCUT2D eigenvalue weighted by Crippen LogP contribution is -2.24. The number of hydrogen-bond acceptors (Lipinski definition) is 3. The van der Waals surface area contributed by atoms with Crippen molar-refractivity contribution in [1.82, 2.24) is 20.6 Å². The van der Waals surface area contributed by atoms with Crippen molar-refractivity contribution < 1.29 is 0 Å². The molecule has 1 aliphatic rings. The number of nitrogens with zero attached hydrogens (tertiary/aromatic N) is 2. The number of hydrogen-bond donors (Lipinski definition) is 2. The van der Waals surface area contributed by atoms with E-state index in [1.54, 1.807) is 0 Å². The van der Waals surface area contributed by atoms with Crippen LogP contribution in [0.5, 0.6) is 0 Å². The topological polar surface area (TPSA) is 41.9 Å². The summed E-state index contributed by atoms with van der Waals surface area (Å²) in [6.07, 6.45) is 8.72. The van der Waals surface area contributed by atoms with Gasteiger partial charge in [0.2, 0.25) is 0 Å². The van der Waals surface area contributed by atoms with Gasteiger partial charge in [0.15, 0.2) is 0 Å². The van der Waals surface area contributed by atoms with Crippen LogP contribution >= 0.6 is 0 Å². The number of aromatic nitrogens is 2. The van der Waals surface area contributed by atoms with Gasteiger partial charge in [-0.05, 0) is 25.0 Å². The van der Waals surface area contributed by atoms with Crippen molar-refractivity contribution in [2.45, 2.75) is 20.3 Å². The van der Waals surface area contributed by atoms with Crippen LogP contribution in [0, 0.1) is 6.92 Å². The highest BCUT2D eigenvalue weighted by Crippen LogP contribution is 2.11. The Bertz CT molecular complexity index is 387. The van der Waals surface area contributed by atoms with Crippen LogP contribution in [0.15, 0.2) is 24.7 Å². The summed E-state index contributed by atoms with van der Waals surface area (Å²) in [6.45, 7) is 4.20. The molecule has 0 fully saturated rings. The van der Waals surface area contributed by atoms with Gasteiger partial charge >= 0.3 is 0 Å². The van der Waals surface area contributed by atoms with Crippen LogP contribution in [0.2, 0.25) is 0 Å². The van der Waals surface area contributed by atoms with Gasteiger partial charge in [-0.1, -0.05) is 6.92 Å². The molecule has 0 saturated heterocycles. The fraction of sp³-hybridized carbons (Fsp3) is 0.300. The normalized spacial score (nSPS) is 14.6. The number of nitrogens with one attached hydrogen (secondary N) is 2. The van der Waals surface area contributed by atoms with Crippen molar-refractivity contribution in [2.24, 2.45) is 0 Å². The van der Waals surface area contributed by atoms with Gasteiger partial charge in [-0.3, -0.25) is 0 Å². The number of rotatable bonds is 2. The quantitative estimate of drug-likeness (QED) is 0.735. The van der Waals surface area contributed by atoms with E-state index >= 15 is 0 Å². The van der Waals surface area contributed by atoms with Gasteiger partial charge < -0.3 is 10.9 Å². The summed E-state index contributed by atoms with van der Waals surface area (Å²) < 4.78 is 1.89. The zero-order chi connectivity index (χ0) is 9.97. The van der Waals surface area contributed by atoms with Crippen molar-refractivity contribution >= 4 is 5.70 Å². The van der Waals surface area contributed by atoms with E-state index in [0.29, 0.717) is 0 Å². The minimum absolute atomic E-state index is 0.974. The molecule has 0 radical (unpaired) electrons. The van der Waals surface area contributed by atoms with E-state index in [4.69, 9.17) is 0 Å². The first-order chi connectivity index (χ1) is 6.81. The molecule has 2 N–H and O–H groups in total. The third kappa shape index (κ3) is 1.51. The van der Waals surface area contributed by atoms with Crippen LogP contribution in [-0.4, -0.2) is 9.78 Å². The molecule has 74 valence electrons. The average molecular weight is 190 g/mol. The second kappa shape index (κ2) is 3.57. The molecule has 4 nitrogen and oxygen atoms in total. The summed E-state index contributed by atoms with van der Waals surface area (Å²) in [4.78, 5) is 0. The molecule has 2 heterocycles. The second-order valence-electron chi connectivity index (χ2n) is 3.25. The molecule has 1 aromatic heterocycles. The maximum atomic E-state index is 4.48. The van der Waals surface area contributed by atoms with E-state index in [-0.39, 0.29) is 0 Å². The van der Waals surface area contributed by atoms with Crippen LogP contribution < -0.4 is 10.9 Å². The van der Waals surface area contributed by atoms with Crippen LogP contribution in [0.25, 0.3) is 5.70 Å². The van der Waals surface area contributed by atoms with Crippen molar-refractivity contribution in [2.75, 3.05) is 0 Å². The van der Waals surface area contributed by atoms with Crippen molar-refractivity contribution in [3.8, 4) is 0 Å². The highest BCUT2D eigenvalue weighted by atomic mass is 15.4. The first kappa shape index (κ1) is 8.87. The molecule has 0 saturated carbocycles. The number of aryl methyl sites for hydroxylation is 2. The zero-order valence-electron chi connectivity index (χ0n) is 8.41. The molecule has 1 aromatic rings. The van der Waals surface area contributed by atoms with E-state index < -0.39 is 0 Å². The Morgan fingerprint density at radius 2 is 2.29 bits per heavy atom. The van der Waals surface area contributed by atoms with Gasteiger partial charge in [0, 0.05) is 18.6 Å². The van der Waals surface area contributed by atoms with E-state index in [9.17, 15) is 0 Å². The summed E-state index contributed by atoms with van der Waals surface area (Å²) in [7, 11) is 0. The van der Waals surface area contributed by atoms with Gasteiger partial charge in [0.1, 0.15) is 0 Å². The number of hydrazine groups is 1. The Labute approximate surface area is 83.3 Å². The van der Waals surface area contributed by atoms with Crippen molar-refractivity contribution in [3.63, 3.8) is 0 Å². The Morgan fingerprint density at radius 1 is 1.43 bits per heavy atom. The lowest BCUT2D eigenvalue weighted by Gasteiger charge is -2.09. The molecule has 1 aliphatic heterocycles. The summed E-state index contributed by atoms with van der Waals surface area (Å²) in [5.74, 6) is 0. The lowest BCUT2D eigenvalue weighted by atomic mass is 10.2. The highest BCUT2D eigenvalue weighted by Gasteiger charge is 2.05. The fourth-order valence-electron chi connectivity index (χ4n) is 1.46. The third-order valence-corrected chi connectivity index (χ3v) is 2.24. The fourth-order valence-corrected chi connectivity index (χ4v) is 1.46. The molecule has 0 spiro atoms. The minimum Gasteiger partial charge on any atom is -0.309 e. The van der Waals surface area contributed by atoms with Crippen LogP contribution in [0.3, 0.4) is 0 Å². The van der Waals surface area contributed by atoms with Gasteiger partial charge in [0.25, 0.3) is 0 Å². The lowest BCUT2D eigenvalue weighted by molar-refractivity contribution is 0.750. The number of allylic oxidation sites excluding steroid dienone is 2. The molecule has 0 aliphatic carbocycles. The molecule has 0 bridgehead atoms. The Hall–Kier alpha value is -1.71. The molecule has 0 amide bonds. The summed E-state index contributed by atoms with van der Waals surface area (Å²) in [5, 5.41) is 4.48. The summed E-state index contributed by atoms with van der Waals surface area (Å²) >= 11 is 0. The van der Waals surface area contributed by atoms with E-state index in [1.807, 2.05) is 29.4 Å². The molecule has 0 unspecified atom stereocenters. The molecular formula is C10H14N4. The van der Waals surface area contributed by atoms with E-state index in [1.165, 1.54) is 5.56 Å². The Morgan fingerprint density at radius 3 is 2.86 bits per heavy atom. The monoisotopic (exact) mass is 190 g/mol. The molecular weight excluding hydrogens is 176 g/mol. The predicted octanol–water partition coefficient (Wildman–Crippen LogP) is 1.17. The summed E-state index contributed by atoms with van der Waals surface area (Å²) in [5.41, 5.74) is 9.21. The standard InChI is InChI=1S/C10H14N4/c1-3-10-8(2)7-14(13-10)9-4-5-11-12-6-9/h4-7,11-12H,3H2,1-2H3. The summed E-state index contributed by atoms with van der Waals surface area (Å²) in [6, 6.07) is 0. The van der Waals surface area contributed by atoms with E-state index in [2.05, 4.69) is 29.8 Å². The third-order valence-electron chi connectivity index (χ3n) is 2.24. The van der Waals surface area contributed by atoms with Gasteiger partial charge in [-0.2, -0.15) is 5.10 Å². The molecule has 2 rings (SSSR count). The first-order valence-electron chi connectivity index (χ1n) is 4.74. The van der Waals surface area contributed by atoms with Crippen LogP contribution in [0.1, 0.15) is 18.2 Å². The first-order valence-corrected chi connectivity index (χ1v) is 4.74. The van der Waals surface area contributed by atoms with Gasteiger partial charge in [-0.25, -0.2) is 4.68 Å². The smallest absolute Gasteiger partial charge is 0.0836 e. The van der Waals surface area contributed by atoms with Crippen LogP contribution in [0.4, 0.5) is 0 Å². The molecule has 4 heteroatoms. The van der Waals surface area contributed by atoms with E-state index in [0.717, 1.165) is 17.8 Å². The zero-order valence-corrected chi connectivity index (χ0v) is 8.41. The maximum absolute atomic E-state index is 4.48. The van der Waals surface area contributed by atoms with Crippen LogP contribution in [-0.2, 0) is 6.42 Å². The molecule has 0 atom stereocenters. The molecule has 0 aromatic carbocycles. The average Bonchev–Trinajstić information content (AvgIpc) is 2.61. The van der Waals surface area contributed by atoms with Gasteiger partial charge in [0.05, 0.1) is 11.4 Å². The SMILES string of the molecule is CCc1nn(C2=CNNC=C2)cc1C. The minimum atomic E-state index is 0.974. The maximum Gasteiger partial charge on any atom is 0.0836 e. The van der Waals surface area contributed by atoms with Gasteiger partial charge in [-0.15, -0.1) is 0 Å². The predicted molar refractivity (Wildman–Crippen MR) is 56.0 cm³/mol. The van der Waals surface area contributed by atoms with Crippen molar-refractivity contribution in [1.29, 1.82) is 0 Å². The Balaban J connectivity index is 2.32. The second-order valence-corrected chi connectivity index (χ2v) is 3.25. The highest BCUT2D eigenvalue weighted by molar-refractivity contribution is 5.56.